The zero-order valence-corrected chi connectivity index (χ0v) is 10.0. The average molecular weight is 249 g/mol. The topological polar surface area (TPSA) is 55.8 Å². The Morgan fingerprint density at radius 1 is 1.11 bits per heavy atom. The molecule has 0 unspecified atom stereocenters. The number of rotatable bonds is 3. The van der Waals surface area contributed by atoms with Gasteiger partial charge in [0.15, 0.2) is 5.75 Å². The molecule has 0 aromatic heterocycles. The smallest absolute Gasteiger partial charge is 0.305 e. The van der Waals surface area contributed by atoms with Crippen molar-refractivity contribution in [1.82, 2.24) is 4.90 Å². The molecule has 0 saturated carbocycles. The monoisotopic (exact) mass is 249 g/mol. The summed E-state index contributed by atoms with van der Waals surface area (Å²) < 4.78 is 0. The first kappa shape index (κ1) is 12.4. The van der Waals surface area contributed by atoms with E-state index >= 15 is 0 Å². The van der Waals surface area contributed by atoms with Crippen molar-refractivity contribution < 1.29 is 19.4 Å². The lowest BCUT2D eigenvalue weighted by Gasteiger charge is -2.24. The second-order valence-corrected chi connectivity index (χ2v) is 4.17. The number of carbonyl (C=O) groups excluding carboxylic acids is 2. The summed E-state index contributed by atoms with van der Waals surface area (Å²) in [6.45, 7) is 1.43. The normalized spacial score (nSPS) is 15.0. The number of hydrogen-bond acceptors (Lipinski definition) is 4. The quantitative estimate of drug-likeness (QED) is 0.469. The number of amides is 1. The molecule has 1 aliphatic heterocycles. The Morgan fingerprint density at radius 2 is 1.78 bits per heavy atom. The van der Waals surface area contributed by atoms with Gasteiger partial charge in [-0.3, -0.25) is 9.68 Å². The van der Waals surface area contributed by atoms with Crippen LogP contribution in [0.15, 0.2) is 24.3 Å². The van der Waals surface area contributed by atoms with Crippen LogP contribution in [0.1, 0.15) is 29.6 Å². The highest BCUT2D eigenvalue weighted by atomic mass is 17.2. The molecular formula is C13H15NO4. The first-order valence-corrected chi connectivity index (χ1v) is 5.98. The molecule has 0 atom stereocenters. The molecule has 0 radical (unpaired) electrons. The van der Waals surface area contributed by atoms with E-state index in [1.54, 1.807) is 29.2 Å². The fourth-order valence-electron chi connectivity index (χ4n) is 1.81. The van der Waals surface area contributed by atoms with E-state index < -0.39 is 6.09 Å². The first-order chi connectivity index (χ1) is 8.79. The number of nitrogens with zero attached hydrogens (tertiary/aromatic N) is 1. The lowest BCUT2D eigenvalue weighted by atomic mass is 10.1. The highest BCUT2D eigenvalue weighted by molar-refractivity contribution is 5.74. The number of benzene rings is 1. The van der Waals surface area contributed by atoms with Gasteiger partial charge in [-0.25, -0.2) is 9.68 Å². The van der Waals surface area contributed by atoms with Crippen molar-refractivity contribution in [3.05, 3.63) is 29.8 Å². The Kier molecular flexibility index (Phi) is 4.17. The molecule has 1 saturated heterocycles. The molecule has 0 spiro atoms. The molecule has 0 bridgehead atoms. The van der Waals surface area contributed by atoms with E-state index in [-0.39, 0.29) is 0 Å². The summed E-state index contributed by atoms with van der Waals surface area (Å²) >= 11 is 0. The lowest BCUT2D eigenvalue weighted by molar-refractivity contribution is -0.154. The Labute approximate surface area is 105 Å². The maximum atomic E-state index is 11.6. The van der Waals surface area contributed by atoms with E-state index in [0.717, 1.165) is 25.5 Å². The summed E-state index contributed by atoms with van der Waals surface area (Å²) in [6, 6.07) is 6.34. The molecule has 18 heavy (non-hydrogen) atoms. The van der Waals surface area contributed by atoms with Gasteiger partial charge in [0.1, 0.15) is 6.29 Å². The van der Waals surface area contributed by atoms with Crippen LogP contribution in [0, 0.1) is 0 Å². The van der Waals surface area contributed by atoms with Crippen LogP contribution >= 0.6 is 0 Å². The van der Waals surface area contributed by atoms with Gasteiger partial charge in [0, 0.05) is 18.7 Å². The minimum Gasteiger partial charge on any atom is -0.305 e. The van der Waals surface area contributed by atoms with E-state index in [2.05, 4.69) is 0 Å². The Morgan fingerprint density at radius 3 is 2.39 bits per heavy atom. The molecular weight excluding hydrogens is 234 g/mol. The van der Waals surface area contributed by atoms with E-state index in [0.29, 0.717) is 24.4 Å². The Balaban J connectivity index is 1.82. The molecule has 1 aliphatic rings. The van der Waals surface area contributed by atoms with E-state index in [1.165, 1.54) is 0 Å². The maximum Gasteiger partial charge on any atom is 0.452 e. The summed E-state index contributed by atoms with van der Waals surface area (Å²) in [6.07, 6.45) is 3.43. The van der Waals surface area contributed by atoms with Gasteiger partial charge in [0.25, 0.3) is 0 Å². The van der Waals surface area contributed by atoms with E-state index in [1.807, 2.05) is 0 Å². The molecule has 0 N–H and O–H groups in total. The number of aldehydes is 1. The van der Waals surface area contributed by atoms with Crippen LogP contribution in [0.25, 0.3) is 0 Å². The molecule has 5 nitrogen and oxygen atoms in total. The van der Waals surface area contributed by atoms with Crippen molar-refractivity contribution in [3.63, 3.8) is 0 Å². The Hall–Kier alpha value is -2.04. The van der Waals surface area contributed by atoms with Crippen molar-refractivity contribution >= 4 is 12.4 Å². The highest BCUT2D eigenvalue weighted by Crippen LogP contribution is 2.14. The number of carbonyl (C=O) groups is 2. The summed E-state index contributed by atoms with van der Waals surface area (Å²) in [5.41, 5.74) is 0.546. The van der Waals surface area contributed by atoms with Crippen molar-refractivity contribution in [2.45, 2.75) is 19.3 Å². The molecule has 1 aromatic carbocycles. The van der Waals surface area contributed by atoms with Crippen LogP contribution < -0.4 is 4.89 Å². The van der Waals surface area contributed by atoms with Gasteiger partial charge >= 0.3 is 6.09 Å². The van der Waals surface area contributed by atoms with Crippen LogP contribution in [-0.2, 0) is 4.89 Å². The van der Waals surface area contributed by atoms with Crippen molar-refractivity contribution in [2.75, 3.05) is 13.1 Å². The zero-order chi connectivity index (χ0) is 12.8. The van der Waals surface area contributed by atoms with Crippen LogP contribution in [0.4, 0.5) is 4.79 Å². The third-order valence-electron chi connectivity index (χ3n) is 2.84. The third-order valence-corrected chi connectivity index (χ3v) is 2.84. The largest absolute Gasteiger partial charge is 0.452 e. The van der Waals surface area contributed by atoms with Crippen molar-refractivity contribution in [3.8, 4) is 5.75 Å². The fraction of sp³-hybridized carbons (Fsp3) is 0.385. The molecule has 2 rings (SSSR count). The van der Waals surface area contributed by atoms with Crippen molar-refractivity contribution in [2.24, 2.45) is 0 Å². The van der Waals surface area contributed by atoms with Gasteiger partial charge in [-0.1, -0.05) is 0 Å². The van der Waals surface area contributed by atoms with E-state index in [9.17, 15) is 9.59 Å². The molecule has 1 amide bonds. The summed E-state index contributed by atoms with van der Waals surface area (Å²) in [7, 11) is 0. The van der Waals surface area contributed by atoms with E-state index in [4.69, 9.17) is 9.78 Å². The molecule has 0 aliphatic carbocycles. The minimum absolute atomic E-state index is 0.394. The van der Waals surface area contributed by atoms with Gasteiger partial charge in [-0.05, 0) is 43.5 Å². The van der Waals surface area contributed by atoms with Gasteiger partial charge in [-0.2, -0.15) is 0 Å². The third kappa shape index (κ3) is 3.23. The predicted molar refractivity (Wildman–Crippen MR) is 64.4 cm³/mol. The average Bonchev–Trinajstić information content (AvgIpc) is 2.46. The highest BCUT2D eigenvalue weighted by Gasteiger charge is 2.18. The van der Waals surface area contributed by atoms with Gasteiger partial charge in [0.05, 0.1) is 0 Å². The number of likely N-dealkylation sites (tertiary alicyclic amines) is 1. The van der Waals surface area contributed by atoms with Gasteiger partial charge in [0.2, 0.25) is 0 Å². The van der Waals surface area contributed by atoms with Crippen molar-refractivity contribution in [1.29, 1.82) is 0 Å². The standard InChI is InChI=1S/C13H15NO4/c15-10-11-4-6-12(7-5-11)17-18-13(16)14-8-2-1-3-9-14/h4-7,10H,1-3,8-9H2. The van der Waals surface area contributed by atoms with Crippen LogP contribution in [0.3, 0.4) is 0 Å². The molecule has 1 aromatic rings. The number of hydrogen-bond donors (Lipinski definition) is 0. The van der Waals surface area contributed by atoms with Gasteiger partial charge in [-0.15, -0.1) is 0 Å². The lowest BCUT2D eigenvalue weighted by Crippen LogP contribution is -2.36. The first-order valence-electron chi connectivity index (χ1n) is 5.98. The maximum absolute atomic E-state index is 11.6. The molecule has 5 heteroatoms. The SMILES string of the molecule is O=Cc1ccc(OOC(=O)N2CCCCC2)cc1. The van der Waals surface area contributed by atoms with Gasteiger partial charge < -0.3 is 4.90 Å². The van der Waals surface area contributed by atoms with Crippen LogP contribution in [-0.4, -0.2) is 30.4 Å². The second-order valence-electron chi connectivity index (χ2n) is 4.17. The number of piperidine rings is 1. The summed E-state index contributed by atoms with van der Waals surface area (Å²) in [5, 5.41) is 0. The van der Waals surface area contributed by atoms with Crippen LogP contribution in [0.5, 0.6) is 5.75 Å². The molecule has 96 valence electrons. The molecule has 1 fully saturated rings. The minimum atomic E-state index is -0.464. The summed E-state index contributed by atoms with van der Waals surface area (Å²) in [5.74, 6) is 0.394. The Bertz CT molecular complexity index is 410. The fourth-order valence-corrected chi connectivity index (χ4v) is 1.81. The zero-order valence-electron chi connectivity index (χ0n) is 10.0. The second kappa shape index (κ2) is 6.05. The van der Waals surface area contributed by atoms with Crippen LogP contribution in [0.2, 0.25) is 0 Å². The molecule has 1 heterocycles. The summed E-state index contributed by atoms with van der Waals surface area (Å²) in [4.78, 5) is 33.4. The predicted octanol–water partition coefficient (Wildman–Crippen LogP) is 2.42.